The van der Waals surface area contributed by atoms with E-state index in [-0.39, 0.29) is 11.8 Å². The van der Waals surface area contributed by atoms with Crippen molar-refractivity contribution in [2.75, 3.05) is 107 Å². The minimum atomic E-state index is -0.637. The summed E-state index contributed by atoms with van der Waals surface area (Å²) in [6, 6.07) is 22.6. The van der Waals surface area contributed by atoms with Gasteiger partial charge >= 0.3 is 0 Å². The van der Waals surface area contributed by atoms with Crippen molar-refractivity contribution in [2.45, 2.75) is 65.2 Å². The van der Waals surface area contributed by atoms with Gasteiger partial charge in [-0.2, -0.15) is 0 Å². The second-order valence-corrected chi connectivity index (χ2v) is 16.2. The van der Waals surface area contributed by atoms with Crippen molar-refractivity contribution in [3.05, 3.63) is 95.1 Å². The molecule has 1 fully saturated rings. The number of carbonyl (C=O) groups excluding carboxylic acids is 2. The van der Waals surface area contributed by atoms with Gasteiger partial charge in [-0.05, 0) is 96.5 Å². The van der Waals surface area contributed by atoms with Crippen LogP contribution < -0.4 is 48.5 Å². The molecule has 1 heterocycles. The van der Waals surface area contributed by atoms with Crippen molar-refractivity contribution in [1.29, 1.82) is 0 Å². The summed E-state index contributed by atoms with van der Waals surface area (Å²) in [5.74, 6) is 3.27. The maximum atomic E-state index is 14.2. The van der Waals surface area contributed by atoms with Gasteiger partial charge in [0.05, 0.1) is 66.7 Å². The van der Waals surface area contributed by atoms with Crippen molar-refractivity contribution >= 4 is 11.8 Å². The third-order valence-electron chi connectivity index (χ3n) is 11.4. The average molecular weight is 913 g/mol. The van der Waals surface area contributed by atoms with E-state index < -0.39 is 11.8 Å². The second-order valence-electron chi connectivity index (χ2n) is 16.2. The molecule has 1 aliphatic heterocycles. The molecular weight excluding hydrogens is 841 g/mol. The van der Waals surface area contributed by atoms with Gasteiger partial charge in [-0.3, -0.25) is 19.4 Å². The molecule has 14 heteroatoms. The number of amides is 2. The number of carbonyl (C=O) groups is 2. The lowest BCUT2D eigenvalue weighted by Crippen LogP contribution is -2.50. The topological polar surface area (TPSA) is 139 Å². The van der Waals surface area contributed by atoms with Gasteiger partial charge in [0.15, 0.2) is 46.0 Å². The van der Waals surface area contributed by atoms with Crippen LogP contribution in [0.15, 0.2) is 72.8 Å². The van der Waals surface area contributed by atoms with Gasteiger partial charge in [0.25, 0.3) is 0 Å². The lowest BCUT2D eigenvalue weighted by Gasteiger charge is -2.34. The molecule has 0 radical (unpaired) electrons. The first-order valence-corrected chi connectivity index (χ1v) is 23.4. The van der Waals surface area contributed by atoms with Gasteiger partial charge in [0.1, 0.15) is 0 Å². The van der Waals surface area contributed by atoms with Crippen LogP contribution in [0.5, 0.6) is 46.0 Å². The van der Waals surface area contributed by atoms with E-state index >= 15 is 0 Å². The van der Waals surface area contributed by atoms with Crippen LogP contribution in [-0.2, 0) is 9.59 Å². The number of nitrogens with zero attached hydrogens (tertiary/aromatic N) is 2. The summed E-state index contributed by atoms with van der Waals surface area (Å²) in [5, 5.41) is 6.44. The van der Waals surface area contributed by atoms with Gasteiger partial charge < -0.3 is 48.5 Å². The average Bonchev–Trinajstić information content (AvgIpc) is 3.34. The fourth-order valence-electron chi connectivity index (χ4n) is 7.89. The van der Waals surface area contributed by atoms with E-state index in [1.54, 1.807) is 28.4 Å². The largest absolute Gasteiger partial charge is 0.493 e. The second kappa shape index (κ2) is 26.9. The van der Waals surface area contributed by atoms with Crippen molar-refractivity contribution in [3.8, 4) is 46.0 Å². The smallest absolute Gasteiger partial charge is 0.232 e. The first-order valence-electron chi connectivity index (χ1n) is 23.4. The molecule has 4 aromatic rings. The lowest BCUT2D eigenvalue weighted by molar-refractivity contribution is -0.122. The number of hydrogen-bond acceptors (Lipinski definition) is 12. The highest BCUT2D eigenvalue weighted by molar-refractivity contribution is 5.88. The molecule has 0 bridgehead atoms. The molecule has 0 aromatic heterocycles. The molecule has 4 aromatic carbocycles. The molecule has 0 unspecified atom stereocenters. The van der Waals surface area contributed by atoms with E-state index in [1.807, 2.05) is 72.8 Å². The Balaban J connectivity index is 1.20. The molecule has 5 rings (SSSR count). The van der Waals surface area contributed by atoms with Crippen molar-refractivity contribution in [2.24, 2.45) is 0 Å². The van der Waals surface area contributed by atoms with Crippen LogP contribution in [0.25, 0.3) is 0 Å². The molecule has 0 saturated carbocycles. The Bertz CT molecular complexity index is 1860. The normalized spacial score (nSPS) is 13.0. The maximum Gasteiger partial charge on any atom is 0.232 e. The monoisotopic (exact) mass is 913 g/mol. The summed E-state index contributed by atoms with van der Waals surface area (Å²) in [5.41, 5.74) is 3.09. The Morgan fingerprint density at radius 2 is 0.697 bits per heavy atom. The van der Waals surface area contributed by atoms with E-state index in [2.05, 4.69) is 48.1 Å². The number of nitrogens with one attached hydrogen (secondary N) is 2. The van der Waals surface area contributed by atoms with Gasteiger partial charge in [-0.25, -0.2) is 0 Å². The number of benzene rings is 4. The van der Waals surface area contributed by atoms with E-state index in [4.69, 9.17) is 37.9 Å². The van der Waals surface area contributed by atoms with E-state index in [0.29, 0.717) is 98.6 Å². The number of ether oxygens (including phenoxy) is 8. The Morgan fingerprint density at radius 3 is 0.924 bits per heavy atom. The van der Waals surface area contributed by atoms with Crippen LogP contribution in [0.1, 0.15) is 87.5 Å². The zero-order valence-electron chi connectivity index (χ0n) is 40.4. The molecular formula is C52H72N4O10. The Morgan fingerprint density at radius 1 is 0.439 bits per heavy atom. The third kappa shape index (κ3) is 14.1. The summed E-state index contributed by atoms with van der Waals surface area (Å²) in [4.78, 5) is 33.1. The molecule has 2 N–H and O–H groups in total. The molecule has 66 heavy (non-hydrogen) atoms. The molecule has 2 amide bonds. The fourth-order valence-corrected chi connectivity index (χ4v) is 7.89. The van der Waals surface area contributed by atoms with Crippen molar-refractivity contribution in [1.82, 2.24) is 20.4 Å². The summed E-state index contributed by atoms with van der Waals surface area (Å²) in [6.07, 6.45) is 3.45. The van der Waals surface area contributed by atoms with Gasteiger partial charge in [0, 0.05) is 52.4 Å². The summed E-state index contributed by atoms with van der Waals surface area (Å²) < 4.78 is 46.5. The quantitative estimate of drug-likeness (QED) is 0.0578. The van der Waals surface area contributed by atoms with Crippen molar-refractivity contribution < 1.29 is 47.5 Å². The molecule has 0 atom stereocenters. The van der Waals surface area contributed by atoms with Crippen LogP contribution >= 0.6 is 0 Å². The Hall–Kier alpha value is -5.86. The Kier molecular flexibility index (Phi) is 20.9. The predicted octanol–water partition coefficient (Wildman–Crippen LogP) is 7.69. The third-order valence-corrected chi connectivity index (χ3v) is 11.4. The minimum absolute atomic E-state index is 0.130. The minimum Gasteiger partial charge on any atom is -0.493 e. The highest BCUT2D eigenvalue weighted by Gasteiger charge is 2.28. The Labute approximate surface area is 392 Å². The first-order chi connectivity index (χ1) is 32.2. The van der Waals surface area contributed by atoms with E-state index in [1.165, 1.54) is 0 Å². The molecule has 360 valence electrons. The van der Waals surface area contributed by atoms with Crippen LogP contribution in [0.3, 0.4) is 0 Å². The molecule has 14 nitrogen and oxygen atoms in total. The molecule has 0 spiro atoms. The SMILES string of the molecule is CCCOc1ccc(C(C(=O)NCCN2CCN(CCNC(=O)C(c3ccc(OCCC)c(OC)c3)c3ccc(OCCC)c(OC)c3)CC2)c2ccc(OCCC)c(OC)c2)cc1OC. The predicted molar refractivity (Wildman–Crippen MR) is 258 cm³/mol. The fraction of sp³-hybridized carbons (Fsp3) is 0.500. The van der Waals surface area contributed by atoms with Gasteiger partial charge in [-0.1, -0.05) is 52.0 Å². The summed E-state index contributed by atoms with van der Waals surface area (Å²) in [6.45, 7) is 16.1. The summed E-state index contributed by atoms with van der Waals surface area (Å²) in [7, 11) is 6.42. The molecule has 0 aliphatic carbocycles. The standard InChI is InChI=1S/C52H72N4O10/c1-9-29-63-41-17-13-37(33-45(41)59-5)49(38-14-18-42(64-30-10-2)46(34-38)60-6)51(57)53-21-23-55-25-27-56(28-26-55)24-22-54-52(58)50(39-15-19-43(65-31-11-3)47(35-39)61-7)40-16-20-44(66-32-12-4)48(36-40)62-8/h13-20,33-36,49-50H,9-12,21-32H2,1-8H3,(H,53,57)(H,54,58). The maximum absolute atomic E-state index is 14.2. The van der Waals surface area contributed by atoms with Crippen LogP contribution in [0.4, 0.5) is 0 Å². The first kappa shape index (κ1) is 51.1. The van der Waals surface area contributed by atoms with Gasteiger partial charge in [0.2, 0.25) is 11.8 Å². The van der Waals surface area contributed by atoms with E-state index in [0.717, 1.165) is 74.1 Å². The van der Waals surface area contributed by atoms with Crippen LogP contribution in [-0.4, -0.2) is 129 Å². The molecule has 1 saturated heterocycles. The highest BCUT2D eigenvalue weighted by Crippen LogP contribution is 2.39. The van der Waals surface area contributed by atoms with Gasteiger partial charge in [-0.15, -0.1) is 0 Å². The zero-order chi connectivity index (χ0) is 47.3. The van der Waals surface area contributed by atoms with Crippen LogP contribution in [0, 0.1) is 0 Å². The number of piperazine rings is 1. The zero-order valence-corrected chi connectivity index (χ0v) is 40.4. The lowest BCUT2D eigenvalue weighted by atomic mass is 9.89. The number of rotatable bonds is 28. The van der Waals surface area contributed by atoms with Crippen molar-refractivity contribution in [3.63, 3.8) is 0 Å². The highest BCUT2D eigenvalue weighted by atomic mass is 16.5. The number of hydrogen-bond donors (Lipinski definition) is 2. The summed E-state index contributed by atoms with van der Waals surface area (Å²) >= 11 is 0. The van der Waals surface area contributed by atoms with Crippen LogP contribution in [0.2, 0.25) is 0 Å². The number of methoxy groups -OCH3 is 4. The van der Waals surface area contributed by atoms with E-state index in [9.17, 15) is 9.59 Å². The molecule has 1 aliphatic rings.